The Kier molecular flexibility index (Phi) is 7.54. The third-order valence-corrected chi connectivity index (χ3v) is 5.97. The first kappa shape index (κ1) is 24.1. The van der Waals surface area contributed by atoms with E-state index in [1.165, 1.54) is 0 Å². The van der Waals surface area contributed by atoms with Gasteiger partial charge < -0.3 is 29.2 Å². The second kappa shape index (κ2) is 10.9. The fourth-order valence-corrected chi connectivity index (χ4v) is 4.16. The van der Waals surface area contributed by atoms with E-state index in [1.807, 2.05) is 31.2 Å². The molecule has 2 heterocycles. The Balaban J connectivity index is 1.50. The van der Waals surface area contributed by atoms with Crippen LogP contribution in [-0.2, 0) is 4.79 Å². The van der Waals surface area contributed by atoms with Gasteiger partial charge in [-0.3, -0.25) is 4.79 Å². The number of carbonyl (C=O) groups excluding carboxylic acids is 1. The number of nitrogens with one attached hydrogen (secondary N) is 1. The Morgan fingerprint density at radius 3 is 2.40 bits per heavy atom. The average Bonchev–Trinajstić information content (AvgIpc) is 2.89. The Bertz CT molecular complexity index is 1160. The molecule has 1 saturated heterocycles. The topological polar surface area (TPSA) is 95.0 Å². The maximum Gasteiger partial charge on any atom is 0.263 e. The van der Waals surface area contributed by atoms with E-state index in [1.54, 1.807) is 45.9 Å². The van der Waals surface area contributed by atoms with Crippen molar-refractivity contribution in [3.05, 3.63) is 54.4 Å². The van der Waals surface area contributed by atoms with Crippen LogP contribution >= 0.6 is 0 Å². The number of piperidine rings is 1. The van der Waals surface area contributed by atoms with Crippen molar-refractivity contribution < 1.29 is 23.7 Å². The molecule has 3 aromatic rings. The fourth-order valence-electron chi connectivity index (χ4n) is 4.16. The Morgan fingerprint density at radius 1 is 1.00 bits per heavy atom. The van der Waals surface area contributed by atoms with Gasteiger partial charge in [-0.15, -0.1) is 0 Å². The highest BCUT2D eigenvalue weighted by atomic mass is 16.5. The average molecular weight is 479 g/mol. The van der Waals surface area contributed by atoms with E-state index in [0.29, 0.717) is 41.2 Å². The molecule has 1 aliphatic rings. The third-order valence-electron chi connectivity index (χ3n) is 5.97. The van der Waals surface area contributed by atoms with E-state index >= 15 is 0 Å². The Hall–Kier alpha value is -4.01. The standard InChI is InChI=1S/C26H30N4O5/c1-17-8-5-6-10-20(17)35-26-24(27-11-12-28-26)30-13-7-9-18(16-30)25(31)29-19-14-21(32-2)23(34-4)22(15-19)33-3/h5-6,8,10-12,14-15,18H,7,9,13,16H2,1-4H3,(H,29,31)/t18-/m0/s1. The molecule has 184 valence electrons. The van der Waals surface area contributed by atoms with Crippen molar-refractivity contribution in [1.82, 2.24) is 9.97 Å². The monoisotopic (exact) mass is 478 g/mol. The van der Waals surface area contributed by atoms with Gasteiger partial charge in [0.15, 0.2) is 17.3 Å². The van der Waals surface area contributed by atoms with Crippen LogP contribution < -0.4 is 29.2 Å². The van der Waals surface area contributed by atoms with Gasteiger partial charge in [0.25, 0.3) is 5.88 Å². The second-order valence-electron chi connectivity index (χ2n) is 8.24. The molecule has 2 aromatic carbocycles. The summed E-state index contributed by atoms with van der Waals surface area (Å²) < 4.78 is 22.3. The van der Waals surface area contributed by atoms with Crippen molar-refractivity contribution in [1.29, 1.82) is 0 Å². The highest BCUT2D eigenvalue weighted by Crippen LogP contribution is 2.40. The summed E-state index contributed by atoms with van der Waals surface area (Å²) in [7, 11) is 4.62. The molecule has 1 amide bonds. The molecule has 35 heavy (non-hydrogen) atoms. The molecular formula is C26H30N4O5. The Labute approximate surface area is 205 Å². The van der Waals surface area contributed by atoms with Gasteiger partial charge in [0.1, 0.15) is 5.75 Å². The van der Waals surface area contributed by atoms with Crippen molar-refractivity contribution >= 4 is 17.4 Å². The van der Waals surface area contributed by atoms with Crippen LogP contribution in [-0.4, -0.2) is 50.3 Å². The van der Waals surface area contributed by atoms with E-state index in [0.717, 1.165) is 30.7 Å². The number of carbonyl (C=O) groups is 1. The van der Waals surface area contributed by atoms with Crippen LogP contribution in [0.3, 0.4) is 0 Å². The maximum absolute atomic E-state index is 13.2. The van der Waals surface area contributed by atoms with Gasteiger partial charge in [-0.2, -0.15) is 0 Å². The highest BCUT2D eigenvalue weighted by Gasteiger charge is 2.29. The molecule has 1 atom stereocenters. The summed E-state index contributed by atoms with van der Waals surface area (Å²) >= 11 is 0. The number of nitrogens with zero attached hydrogens (tertiary/aromatic N) is 3. The van der Waals surface area contributed by atoms with E-state index in [9.17, 15) is 4.79 Å². The minimum atomic E-state index is -0.240. The zero-order chi connectivity index (χ0) is 24.8. The van der Waals surface area contributed by atoms with Gasteiger partial charge in [0.05, 0.1) is 27.2 Å². The minimum Gasteiger partial charge on any atom is -0.493 e. The van der Waals surface area contributed by atoms with Crippen LogP contribution in [0.25, 0.3) is 0 Å². The number of para-hydroxylation sites is 1. The number of hydrogen-bond donors (Lipinski definition) is 1. The van der Waals surface area contributed by atoms with Gasteiger partial charge >= 0.3 is 0 Å². The summed E-state index contributed by atoms with van der Waals surface area (Å²) in [6.45, 7) is 3.24. The normalized spacial score (nSPS) is 15.3. The molecule has 1 fully saturated rings. The lowest BCUT2D eigenvalue weighted by Gasteiger charge is -2.33. The second-order valence-corrected chi connectivity index (χ2v) is 8.24. The van der Waals surface area contributed by atoms with Crippen LogP contribution in [0.2, 0.25) is 0 Å². The molecule has 1 N–H and O–H groups in total. The predicted molar refractivity (Wildman–Crippen MR) is 133 cm³/mol. The molecule has 4 rings (SSSR count). The Morgan fingerprint density at radius 2 is 1.71 bits per heavy atom. The SMILES string of the molecule is COc1cc(NC(=O)[C@H]2CCCN(c3nccnc3Oc3ccccc3C)C2)cc(OC)c1OC. The van der Waals surface area contributed by atoms with Crippen molar-refractivity contribution in [3.8, 4) is 28.9 Å². The number of ether oxygens (including phenoxy) is 4. The van der Waals surface area contributed by atoms with E-state index in [2.05, 4.69) is 20.2 Å². The fraction of sp³-hybridized carbons (Fsp3) is 0.346. The lowest BCUT2D eigenvalue weighted by Crippen LogP contribution is -2.41. The van der Waals surface area contributed by atoms with Crippen LogP contribution in [0.4, 0.5) is 11.5 Å². The quantitative estimate of drug-likeness (QED) is 0.507. The molecule has 0 saturated carbocycles. The molecule has 0 spiro atoms. The molecule has 1 aromatic heterocycles. The number of anilines is 2. The molecular weight excluding hydrogens is 448 g/mol. The lowest BCUT2D eigenvalue weighted by molar-refractivity contribution is -0.120. The number of benzene rings is 2. The first-order valence-corrected chi connectivity index (χ1v) is 11.4. The van der Waals surface area contributed by atoms with Gasteiger partial charge in [-0.1, -0.05) is 18.2 Å². The zero-order valence-corrected chi connectivity index (χ0v) is 20.4. The van der Waals surface area contributed by atoms with Crippen molar-refractivity contribution in [2.75, 3.05) is 44.6 Å². The number of methoxy groups -OCH3 is 3. The first-order chi connectivity index (χ1) is 17.0. The molecule has 0 unspecified atom stereocenters. The molecule has 0 aliphatic carbocycles. The van der Waals surface area contributed by atoms with Crippen LogP contribution in [0.5, 0.6) is 28.9 Å². The minimum absolute atomic E-state index is 0.0887. The van der Waals surface area contributed by atoms with Crippen molar-refractivity contribution in [2.24, 2.45) is 5.92 Å². The summed E-state index contributed by atoms with van der Waals surface area (Å²) in [6.07, 6.45) is 4.85. The molecule has 0 bridgehead atoms. The van der Waals surface area contributed by atoms with E-state index in [4.69, 9.17) is 18.9 Å². The van der Waals surface area contributed by atoms with Crippen molar-refractivity contribution in [2.45, 2.75) is 19.8 Å². The predicted octanol–water partition coefficient (Wildman–Crippen LogP) is 4.46. The lowest BCUT2D eigenvalue weighted by atomic mass is 9.97. The van der Waals surface area contributed by atoms with Gasteiger partial charge in [-0.25, -0.2) is 9.97 Å². The van der Waals surface area contributed by atoms with E-state index in [-0.39, 0.29) is 11.8 Å². The van der Waals surface area contributed by atoms with Gasteiger partial charge in [0, 0.05) is 43.3 Å². The van der Waals surface area contributed by atoms with Gasteiger partial charge in [0.2, 0.25) is 11.7 Å². The summed E-state index contributed by atoms with van der Waals surface area (Å²) in [4.78, 5) is 24.2. The van der Waals surface area contributed by atoms with Crippen LogP contribution in [0.1, 0.15) is 18.4 Å². The zero-order valence-electron chi connectivity index (χ0n) is 20.4. The molecule has 0 radical (unpaired) electrons. The summed E-state index contributed by atoms with van der Waals surface area (Å²) in [5.41, 5.74) is 1.58. The first-order valence-electron chi connectivity index (χ1n) is 11.4. The summed E-state index contributed by atoms with van der Waals surface area (Å²) in [5, 5.41) is 3.00. The number of rotatable bonds is 8. The number of hydrogen-bond acceptors (Lipinski definition) is 8. The highest BCUT2D eigenvalue weighted by molar-refractivity contribution is 5.93. The number of aryl methyl sites for hydroxylation is 1. The van der Waals surface area contributed by atoms with Crippen molar-refractivity contribution in [3.63, 3.8) is 0 Å². The summed E-state index contributed by atoms with van der Waals surface area (Å²) in [6, 6.07) is 11.2. The maximum atomic E-state index is 13.2. The van der Waals surface area contributed by atoms with E-state index < -0.39 is 0 Å². The number of aromatic nitrogens is 2. The number of amides is 1. The van der Waals surface area contributed by atoms with Crippen LogP contribution in [0.15, 0.2) is 48.8 Å². The summed E-state index contributed by atoms with van der Waals surface area (Å²) in [5.74, 6) is 2.87. The smallest absolute Gasteiger partial charge is 0.263 e. The van der Waals surface area contributed by atoms with Crippen LogP contribution in [0, 0.1) is 12.8 Å². The third kappa shape index (κ3) is 5.40. The molecule has 1 aliphatic heterocycles. The largest absolute Gasteiger partial charge is 0.493 e. The molecule has 9 nitrogen and oxygen atoms in total. The van der Waals surface area contributed by atoms with Gasteiger partial charge in [-0.05, 0) is 31.4 Å². The molecule has 9 heteroatoms.